The fourth-order valence-corrected chi connectivity index (χ4v) is 3.37. The first-order valence-corrected chi connectivity index (χ1v) is 10.5. The second-order valence-electron chi connectivity index (χ2n) is 6.38. The summed E-state index contributed by atoms with van der Waals surface area (Å²) in [6.07, 6.45) is 2.76. The van der Waals surface area contributed by atoms with Crippen LogP contribution in [0, 0.1) is 6.92 Å². The van der Waals surface area contributed by atoms with Gasteiger partial charge in [0.1, 0.15) is 12.4 Å². The van der Waals surface area contributed by atoms with Gasteiger partial charge < -0.3 is 10.1 Å². The lowest BCUT2D eigenvalue weighted by Gasteiger charge is -2.09. The summed E-state index contributed by atoms with van der Waals surface area (Å²) in [4.78, 5) is 12.4. The van der Waals surface area contributed by atoms with E-state index in [1.165, 1.54) is 0 Å². The van der Waals surface area contributed by atoms with Crippen molar-refractivity contribution < 1.29 is 9.53 Å². The van der Waals surface area contributed by atoms with Gasteiger partial charge >= 0.3 is 0 Å². The normalized spacial score (nSPS) is 10.7. The van der Waals surface area contributed by atoms with Crippen molar-refractivity contribution in [2.75, 3.05) is 6.54 Å². The van der Waals surface area contributed by atoms with Gasteiger partial charge in [0, 0.05) is 29.3 Å². The average Bonchev–Trinajstić information content (AvgIpc) is 3.01. The fourth-order valence-electron chi connectivity index (χ4n) is 2.68. The molecule has 0 aliphatic heterocycles. The molecule has 28 heavy (non-hydrogen) atoms. The fraction of sp³-hybridized carbons (Fsp3) is 0.238. The average molecular weight is 507 g/mol. The van der Waals surface area contributed by atoms with Crippen molar-refractivity contribution in [1.29, 1.82) is 0 Å². The lowest BCUT2D eigenvalue weighted by Crippen LogP contribution is -2.25. The number of nitrogens with zero attached hydrogens (tertiary/aromatic N) is 2. The van der Waals surface area contributed by atoms with E-state index < -0.39 is 0 Å². The van der Waals surface area contributed by atoms with Crippen molar-refractivity contribution >= 4 is 37.8 Å². The number of nitrogens with one attached hydrogen (secondary N) is 1. The molecule has 0 aliphatic rings. The van der Waals surface area contributed by atoms with Gasteiger partial charge in [0.2, 0.25) is 0 Å². The number of amides is 1. The van der Waals surface area contributed by atoms with Gasteiger partial charge in [-0.25, -0.2) is 0 Å². The molecule has 0 saturated carbocycles. The van der Waals surface area contributed by atoms with Gasteiger partial charge in [-0.15, -0.1) is 0 Å². The Bertz CT molecular complexity index is 937. The maximum atomic E-state index is 12.4. The molecule has 0 atom stereocenters. The predicted molar refractivity (Wildman–Crippen MR) is 117 cm³/mol. The Balaban J connectivity index is 1.47. The van der Waals surface area contributed by atoms with Crippen LogP contribution >= 0.6 is 31.9 Å². The second-order valence-corrected chi connectivity index (χ2v) is 8.15. The first-order valence-electron chi connectivity index (χ1n) is 8.96. The van der Waals surface area contributed by atoms with Crippen LogP contribution in [0.1, 0.15) is 28.0 Å². The molecule has 0 saturated heterocycles. The van der Waals surface area contributed by atoms with E-state index in [4.69, 9.17) is 4.74 Å². The minimum atomic E-state index is -0.0814. The van der Waals surface area contributed by atoms with Crippen LogP contribution in [0.4, 0.5) is 0 Å². The number of ether oxygens (including phenoxy) is 1. The number of carbonyl (C=O) groups is 1. The van der Waals surface area contributed by atoms with E-state index in [2.05, 4.69) is 42.3 Å². The largest absolute Gasteiger partial charge is 0.489 e. The third-order valence-corrected chi connectivity index (χ3v) is 5.40. The van der Waals surface area contributed by atoms with Crippen LogP contribution in [0.15, 0.2) is 63.7 Å². The quantitative estimate of drug-likeness (QED) is 0.431. The van der Waals surface area contributed by atoms with Crippen LogP contribution in [0.5, 0.6) is 5.75 Å². The number of aromatic nitrogens is 2. The summed E-state index contributed by atoms with van der Waals surface area (Å²) in [5, 5.41) is 7.35. The molecule has 2 aromatic carbocycles. The lowest BCUT2D eigenvalue weighted by atomic mass is 10.1. The molecule has 3 rings (SSSR count). The zero-order valence-corrected chi connectivity index (χ0v) is 18.7. The minimum Gasteiger partial charge on any atom is -0.489 e. The number of hydrogen-bond acceptors (Lipinski definition) is 3. The first-order chi connectivity index (χ1) is 13.5. The van der Waals surface area contributed by atoms with Crippen LogP contribution in [-0.4, -0.2) is 22.2 Å². The van der Waals surface area contributed by atoms with Gasteiger partial charge in [0.25, 0.3) is 5.91 Å². The second kappa shape index (κ2) is 9.89. The van der Waals surface area contributed by atoms with E-state index in [9.17, 15) is 4.79 Å². The van der Waals surface area contributed by atoms with E-state index in [1.807, 2.05) is 66.3 Å². The molecule has 146 valence electrons. The van der Waals surface area contributed by atoms with Gasteiger partial charge in [-0.05, 0) is 65.2 Å². The molecule has 0 unspecified atom stereocenters. The summed E-state index contributed by atoms with van der Waals surface area (Å²) in [7, 11) is 0. The summed E-state index contributed by atoms with van der Waals surface area (Å²) < 4.78 is 9.64. The number of hydrogen-bond donors (Lipinski definition) is 1. The Morgan fingerprint density at radius 1 is 1.18 bits per heavy atom. The molecule has 1 aromatic heterocycles. The van der Waals surface area contributed by atoms with Crippen molar-refractivity contribution in [3.63, 3.8) is 0 Å². The van der Waals surface area contributed by atoms with Gasteiger partial charge in [0.15, 0.2) is 0 Å². The molecular formula is C21H21Br2N3O2. The molecular weight excluding hydrogens is 486 g/mol. The predicted octanol–water partition coefficient (Wildman–Crippen LogP) is 5.12. The van der Waals surface area contributed by atoms with Crippen molar-refractivity contribution in [1.82, 2.24) is 15.1 Å². The molecule has 0 aliphatic carbocycles. The zero-order chi connectivity index (χ0) is 19.9. The SMILES string of the molecule is Cc1nn(CCCNC(=O)c2cccc(COc3cccc(Br)c3)c2)cc1Br. The monoisotopic (exact) mass is 505 g/mol. The highest BCUT2D eigenvalue weighted by Gasteiger charge is 2.07. The Kier molecular flexibility index (Phi) is 7.28. The van der Waals surface area contributed by atoms with Crippen LogP contribution in [0.25, 0.3) is 0 Å². The zero-order valence-electron chi connectivity index (χ0n) is 15.5. The van der Waals surface area contributed by atoms with Crippen molar-refractivity contribution in [2.24, 2.45) is 0 Å². The number of benzene rings is 2. The Labute approximate surface area is 181 Å². The van der Waals surface area contributed by atoms with Gasteiger partial charge in [-0.2, -0.15) is 5.10 Å². The number of aryl methyl sites for hydroxylation is 2. The smallest absolute Gasteiger partial charge is 0.251 e. The maximum absolute atomic E-state index is 12.4. The lowest BCUT2D eigenvalue weighted by molar-refractivity contribution is 0.0952. The van der Waals surface area contributed by atoms with Crippen LogP contribution in [-0.2, 0) is 13.2 Å². The van der Waals surface area contributed by atoms with E-state index in [-0.39, 0.29) is 5.91 Å². The summed E-state index contributed by atoms with van der Waals surface area (Å²) in [5.74, 6) is 0.701. The molecule has 1 amide bonds. The maximum Gasteiger partial charge on any atom is 0.251 e. The summed E-state index contributed by atoms with van der Waals surface area (Å²) in [6.45, 7) is 3.71. The van der Waals surface area contributed by atoms with Crippen molar-refractivity contribution in [3.05, 3.63) is 80.5 Å². The number of rotatable bonds is 8. The molecule has 0 spiro atoms. The van der Waals surface area contributed by atoms with E-state index >= 15 is 0 Å². The first kappa shape index (κ1) is 20.6. The molecule has 0 radical (unpaired) electrons. The number of carbonyl (C=O) groups excluding carboxylic acids is 1. The summed E-state index contributed by atoms with van der Waals surface area (Å²) in [5.41, 5.74) is 2.54. The highest BCUT2D eigenvalue weighted by atomic mass is 79.9. The van der Waals surface area contributed by atoms with E-state index in [0.717, 1.165) is 38.9 Å². The van der Waals surface area contributed by atoms with Gasteiger partial charge in [-0.3, -0.25) is 9.48 Å². The third kappa shape index (κ3) is 5.94. The van der Waals surface area contributed by atoms with Crippen molar-refractivity contribution in [3.8, 4) is 5.75 Å². The Morgan fingerprint density at radius 2 is 2.00 bits per heavy atom. The molecule has 0 fully saturated rings. The van der Waals surface area contributed by atoms with Crippen LogP contribution < -0.4 is 10.1 Å². The van der Waals surface area contributed by atoms with Crippen molar-refractivity contribution in [2.45, 2.75) is 26.5 Å². The third-order valence-electron chi connectivity index (χ3n) is 4.13. The Morgan fingerprint density at radius 3 is 2.75 bits per heavy atom. The van der Waals surface area contributed by atoms with Crippen LogP contribution in [0.2, 0.25) is 0 Å². The highest BCUT2D eigenvalue weighted by molar-refractivity contribution is 9.10. The molecule has 1 N–H and O–H groups in total. The van der Waals surface area contributed by atoms with Gasteiger partial charge in [-0.1, -0.05) is 34.1 Å². The van der Waals surface area contributed by atoms with Gasteiger partial charge in [0.05, 0.1) is 10.2 Å². The topological polar surface area (TPSA) is 56.2 Å². The molecule has 1 heterocycles. The molecule has 0 bridgehead atoms. The summed E-state index contributed by atoms with van der Waals surface area (Å²) >= 11 is 6.88. The Hall–Kier alpha value is -2.12. The molecule has 7 heteroatoms. The van der Waals surface area contributed by atoms with E-state index in [0.29, 0.717) is 18.7 Å². The minimum absolute atomic E-state index is 0.0814. The summed E-state index contributed by atoms with van der Waals surface area (Å²) in [6, 6.07) is 15.2. The molecule has 5 nitrogen and oxygen atoms in total. The highest BCUT2D eigenvalue weighted by Crippen LogP contribution is 2.19. The standard InChI is InChI=1S/C21H21Br2N3O2/c1-15-20(23)13-26(25-15)10-4-9-24-21(27)17-6-2-5-16(11-17)14-28-19-8-3-7-18(22)12-19/h2-3,5-8,11-13H,4,9-10,14H2,1H3,(H,24,27). The van der Waals surface area contributed by atoms with E-state index in [1.54, 1.807) is 0 Å². The van der Waals surface area contributed by atoms with Crippen LogP contribution in [0.3, 0.4) is 0 Å². The number of halogens is 2. The molecule has 3 aromatic rings.